The number of carbonyl (C=O) groups is 1. The maximum atomic E-state index is 12.3. The number of ketones is 1. The molecule has 0 radical (unpaired) electrons. The quantitative estimate of drug-likeness (QED) is 0.713. The lowest BCUT2D eigenvalue weighted by molar-refractivity contribution is 0.0663. The molecule has 1 saturated carbocycles. The van der Waals surface area contributed by atoms with E-state index in [4.69, 9.17) is 4.42 Å². The van der Waals surface area contributed by atoms with Gasteiger partial charge in [-0.3, -0.25) is 9.69 Å². The van der Waals surface area contributed by atoms with Crippen molar-refractivity contribution in [2.24, 2.45) is 0 Å². The van der Waals surface area contributed by atoms with E-state index in [2.05, 4.69) is 0 Å². The number of hydrogen-bond acceptors (Lipinski definition) is 3. The number of Topliss-reactive ketones (excluding diaryl/α,β-unsaturated/α-hetero) is 1. The number of carbonyl (C=O) groups excluding carboxylic acids is 1. The normalized spacial score (nSPS) is 19.7. The second kappa shape index (κ2) is 3.81. The van der Waals surface area contributed by atoms with Crippen LogP contribution in [-0.2, 0) is 0 Å². The molecule has 1 aliphatic rings. The molecule has 0 bridgehead atoms. The molecule has 0 atom stereocenters. The van der Waals surface area contributed by atoms with Crippen LogP contribution in [-0.4, -0.2) is 30.3 Å². The van der Waals surface area contributed by atoms with E-state index < -0.39 is 0 Å². The molecule has 0 saturated heterocycles. The highest BCUT2D eigenvalue weighted by Gasteiger charge is 2.44. The van der Waals surface area contributed by atoms with Crippen LogP contribution in [0, 0.1) is 0 Å². The van der Waals surface area contributed by atoms with Gasteiger partial charge in [-0.05, 0) is 39.1 Å². The van der Waals surface area contributed by atoms with Crippen LogP contribution >= 0.6 is 0 Å². The van der Waals surface area contributed by atoms with E-state index in [1.807, 2.05) is 19.0 Å². The third kappa shape index (κ3) is 1.61. The van der Waals surface area contributed by atoms with Crippen molar-refractivity contribution in [3.63, 3.8) is 0 Å². The molecule has 1 fully saturated rings. The van der Waals surface area contributed by atoms with Gasteiger partial charge in [0, 0.05) is 0 Å². The molecule has 0 spiro atoms. The molecule has 0 unspecified atom stereocenters. The number of nitrogens with zero attached hydrogens (tertiary/aromatic N) is 1. The van der Waals surface area contributed by atoms with Crippen LogP contribution in [0.4, 0.5) is 0 Å². The van der Waals surface area contributed by atoms with Gasteiger partial charge in [0.15, 0.2) is 5.76 Å². The summed E-state index contributed by atoms with van der Waals surface area (Å²) in [5.41, 5.74) is -0.322. The molecule has 1 aliphatic carbocycles. The lowest BCUT2D eigenvalue weighted by atomic mass is 9.89. The van der Waals surface area contributed by atoms with Gasteiger partial charge in [-0.2, -0.15) is 0 Å². The number of furan rings is 1. The minimum atomic E-state index is -0.322. The lowest BCUT2D eigenvalue weighted by Crippen LogP contribution is -2.48. The zero-order chi connectivity index (χ0) is 10.9. The summed E-state index contributed by atoms with van der Waals surface area (Å²) in [6, 6.07) is 3.53. The Balaban J connectivity index is 2.30. The molecule has 1 heterocycles. The summed E-state index contributed by atoms with van der Waals surface area (Å²) in [6.45, 7) is 0. The van der Waals surface area contributed by atoms with Crippen LogP contribution in [0.15, 0.2) is 22.8 Å². The summed E-state index contributed by atoms with van der Waals surface area (Å²) in [7, 11) is 3.96. The molecular weight excluding hydrogens is 190 g/mol. The summed E-state index contributed by atoms with van der Waals surface area (Å²) >= 11 is 0. The molecule has 0 amide bonds. The summed E-state index contributed by atoms with van der Waals surface area (Å²) in [5, 5.41) is 0. The number of likely N-dealkylation sites (N-methyl/N-ethyl adjacent to an activating group) is 1. The molecule has 1 aromatic heterocycles. The molecule has 15 heavy (non-hydrogen) atoms. The van der Waals surface area contributed by atoms with E-state index in [1.54, 1.807) is 18.4 Å². The average Bonchev–Trinajstić information content (AvgIpc) is 2.89. The fourth-order valence-electron chi connectivity index (χ4n) is 2.47. The van der Waals surface area contributed by atoms with E-state index in [-0.39, 0.29) is 11.3 Å². The zero-order valence-corrected chi connectivity index (χ0v) is 9.32. The minimum absolute atomic E-state index is 0.134. The first-order chi connectivity index (χ1) is 7.17. The average molecular weight is 207 g/mol. The van der Waals surface area contributed by atoms with Crippen LogP contribution in [0.25, 0.3) is 0 Å². The van der Waals surface area contributed by atoms with Gasteiger partial charge in [0.25, 0.3) is 0 Å². The zero-order valence-electron chi connectivity index (χ0n) is 9.32. The molecule has 0 aromatic carbocycles. The van der Waals surface area contributed by atoms with Crippen molar-refractivity contribution in [3.8, 4) is 0 Å². The van der Waals surface area contributed by atoms with E-state index in [9.17, 15) is 4.79 Å². The smallest absolute Gasteiger partial charge is 0.218 e. The Morgan fingerprint density at radius 3 is 2.53 bits per heavy atom. The van der Waals surface area contributed by atoms with Crippen molar-refractivity contribution in [3.05, 3.63) is 24.2 Å². The summed E-state index contributed by atoms with van der Waals surface area (Å²) in [5.74, 6) is 0.626. The highest BCUT2D eigenvalue weighted by Crippen LogP contribution is 2.36. The highest BCUT2D eigenvalue weighted by atomic mass is 16.3. The van der Waals surface area contributed by atoms with Crippen LogP contribution < -0.4 is 0 Å². The second-order valence-electron chi connectivity index (χ2n) is 4.44. The van der Waals surface area contributed by atoms with E-state index in [0.717, 1.165) is 25.7 Å². The SMILES string of the molecule is CN(C)C1(C(=O)c2ccco2)CCCC1. The van der Waals surface area contributed by atoms with Gasteiger partial charge in [0.1, 0.15) is 0 Å². The lowest BCUT2D eigenvalue weighted by Gasteiger charge is -2.33. The minimum Gasteiger partial charge on any atom is -0.461 e. The first-order valence-corrected chi connectivity index (χ1v) is 5.42. The Kier molecular flexibility index (Phi) is 2.65. The van der Waals surface area contributed by atoms with Crippen LogP contribution in [0.5, 0.6) is 0 Å². The van der Waals surface area contributed by atoms with Crippen molar-refractivity contribution in [1.82, 2.24) is 4.90 Å². The molecule has 3 nitrogen and oxygen atoms in total. The Hall–Kier alpha value is -1.09. The fraction of sp³-hybridized carbons (Fsp3) is 0.583. The molecule has 2 rings (SSSR count). The van der Waals surface area contributed by atoms with Crippen molar-refractivity contribution < 1.29 is 9.21 Å². The fourth-order valence-corrected chi connectivity index (χ4v) is 2.47. The molecule has 0 N–H and O–H groups in total. The topological polar surface area (TPSA) is 33.5 Å². The first kappa shape index (κ1) is 10.4. The van der Waals surface area contributed by atoms with Gasteiger partial charge >= 0.3 is 0 Å². The molecule has 3 heteroatoms. The maximum Gasteiger partial charge on any atom is 0.218 e. The molecule has 1 aromatic rings. The third-order valence-corrected chi connectivity index (χ3v) is 3.45. The van der Waals surface area contributed by atoms with Crippen LogP contribution in [0.1, 0.15) is 36.2 Å². The van der Waals surface area contributed by atoms with Gasteiger partial charge in [-0.25, -0.2) is 0 Å². The predicted molar refractivity (Wildman–Crippen MR) is 57.9 cm³/mol. The predicted octanol–water partition coefficient (Wildman–Crippen LogP) is 2.34. The first-order valence-electron chi connectivity index (χ1n) is 5.42. The Labute approximate surface area is 90.1 Å². The van der Waals surface area contributed by atoms with Crippen molar-refractivity contribution in [1.29, 1.82) is 0 Å². The number of hydrogen-bond donors (Lipinski definition) is 0. The Morgan fingerprint density at radius 2 is 2.07 bits per heavy atom. The van der Waals surface area contributed by atoms with Crippen molar-refractivity contribution in [2.75, 3.05) is 14.1 Å². The van der Waals surface area contributed by atoms with Gasteiger partial charge in [-0.15, -0.1) is 0 Å². The van der Waals surface area contributed by atoms with Crippen LogP contribution in [0.2, 0.25) is 0 Å². The third-order valence-electron chi connectivity index (χ3n) is 3.45. The maximum absolute atomic E-state index is 12.3. The summed E-state index contributed by atoms with van der Waals surface area (Å²) in [4.78, 5) is 14.4. The molecule has 0 aliphatic heterocycles. The highest BCUT2D eigenvalue weighted by molar-refractivity contribution is 6.01. The van der Waals surface area contributed by atoms with Crippen molar-refractivity contribution in [2.45, 2.75) is 31.2 Å². The Bertz CT molecular complexity index is 335. The van der Waals surface area contributed by atoms with Gasteiger partial charge in [0.05, 0.1) is 11.8 Å². The standard InChI is InChI=1S/C12H17NO2/c1-13(2)12(7-3-4-8-12)11(14)10-6-5-9-15-10/h5-6,9H,3-4,7-8H2,1-2H3. The van der Waals surface area contributed by atoms with Gasteiger partial charge in [-0.1, -0.05) is 12.8 Å². The molecular formula is C12H17NO2. The van der Waals surface area contributed by atoms with Gasteiger partial charge in [0.2, 0.25) is 5.78 Å². The van der Waals surface area contributed by atoms with Crippen molar-refractivity contribution >= 4 is 5.78 Å². The van der Waals surface area contributed by atoms with Crippen LogP contribution in [0.3, 0.4) is 0 Å². The largest absolute Gasteiger partial charge is 0.461 e. The Morgan fingerprint density at radius 1 is 1.40 bits per heavy atom. The summed E-state index contributed by atoms with van der Waals surface area (Å²) in [6.07, 6.45) is 5.71. The van der Waals surface area contributed by atoms with E-state index >= 15 is 0 Å². The second-order valence-corrected chi connectivity index (χ2v) is 4.44. The van der Waals surface area contributed by atoms with E-state index in [1.165, 1.54) is 0 Å². The van der Waals surface area contributed by atoms with Gasteiger partial charge < -0.3 is 4.42 Å². The number of rotatable bonds is 3. The summed E-state index contributed by atoms with van der Waals surface area (Å²) < 4.78 is 5.21. The molecule has 82 valence electrons. The van der Waals surface area contributed by atoms with E-state index in [0.29, 0.717) is 5.76 Å². The monoisotopic (exact) mass is 207 g/mol.